The zero-order valence-electron chi connectivity index (χ0n) is 11.8. The van der Waals surface area contributed by atoms with Crippen LogP contribution in [-0.2, 0) is 9.59 Å². The van der Waals surface area contributed by atoms with Gasteiger partial charge in [-0.1, -0.05) is 6.07 Å². The second-order valence-electron chi connectivity index (χ2n) is 5.08. The smallest absolute Gasteiger partial charge is 0.326 e. The first-order chi connectivity index (χ1) is 10.0. The number of hydrogen-bond donors (Lipinski definition) is 1. The van der Waals surface area contributed by atoms with Crippen molar-refractivity contribution in [1.29, 1.82) is 0 Å². The monoisotopic (exact) mass is 310 g/mol. The Morgan fingerprint density at radius 1 is 1.43 bits per heavy atom. The van der Waals surface area contributed by atoms with E-state index in [1.165, 1.54) is 21.1 Å². The highest BCUT2D eigenvalue weighted by Crippen LogP contribution is 2.18. The number of carbonyl (C=O) groups excluding carboxylic acids is 2. The molecule has 6 nitrogen and oxygen atoms in total. The van der Waals surface area contributed by atoms with Crippen molar-refractivity contribution in [3.8, 4) is 0 Å². The van der Waals surface area contributed by atoms with E-state index < -0.39 is 12.0 Å². The Hall–Kier alpha value is -1.89. The molecule has 2 amide bonds. The summed E-state index contributed by atoms with van der Waals surface area (Å²) < 4.78 is 0. The van der Waals surface area contributed by atoms with Crippen LogP contribution >= 0.6 is 11.3 Å². The Kier molecular flexibility index (Phi) is 4.95. The van der Waals surface area contributed by atoms with Gasteiger partial charge in [0.05, 0.1) is 11.4 Å². The van der Waals surface area contributed by atoms with E-state index in [2.05, 4.69) is 0 Å². The van der Waals surface area contributed by atoms with Gasteiger partial charge in [-0.25, -0.2) is 4.79 Å². The summed E-state index contributed by atoms with van der Waals surface area (Å²) in [6, 6.07) is 2.71. The van der Waals surface area contributed by atoms with Gasteiger partial charge in [0.2, 0.25) is 5.91 Å². The van der Waals surface area contributed by atoms with Crippen LogP contribution in [0, 0.1) is 0 Å². The van der Waals surface area contributed by atoms with Gasteiger partial charge >= 0.3 is 5.97 Å². The van der Waals surface area contributed by atoms with Gasteiger partial charge < -0.3 is 14.9 Å². The normalized spacial score (nSPS) is 18.3. The van der Waals surface area contributed by atoms with Crippen molar-refractivity contribution in [3.05, 3.63) is 22.4 Å². The van der Waals surface area contributed by atoms with Crippen molar-refractivity contribution in [2.45, 2.75) is 25.3 Å². The molecule has 114 valence electrons. The zero-order chi connectivity index (χ0) is 15.4. The number of piperidine rings is 1. The minimum atomic E-state index is -0.977. The first-order valence-corrected chi connectivity index (χ1v) is 7.70. The molecule has 1 saturated heterocycles. The predicted octanol–water partition coefficient (Wildman–Crippen LogP) is 1.29. The summed E-state index contributed by atoms with van der Waals surface area (Å²) in [7, 11) is 1.56. The maximum absolute atomic E-state index is 12.3. The highest BCUT2D eigenvalue weighted by atomic mass is 32.1. The molecule has 0 aliphatic carbocycles. The lowest BCUT2D eigenvalue weighted by Crippen LogP contribution is -2.51. The van der Waals surface area contributed by atoms with Crippen LogP contribution in [0.3, 0.4) is 0 Å². The Morgan fingerprint density at radius 2 is 2.19 bits per heavy atom. The average molecular weight is 310 g/mol. The number of aliphatic carboxylic acids is 1. The summed E-state index contributed by atoms with van der Waals surface area (Å²) in [5.41, 5.74) is 0. The molecule has 1 atom stereocenters. The highest BCUT2D eigenvalue weighted by Gasteiger charge is 2.32. The number of nitrogens with zero attached hydrogens (tertiary/aromatic N) is 2. The number of carboxylic acids is 1. The number of likely N-dealkylation sites (N-methyl/N-ethyl adjacent to an activating group) is 1. The average Bonchev–Trinajstić information content (AvgIpc) is 3.00. The van der Waals surface area contributed by atoms with Gasteiger partial charge in [-0.05, 0) is 30.7 Å². The fraction of sp³-hybridized carbons (Fsp3) is 0.500. The van der Waals surface area contributed by atoms with Crippen LogP contribution in [0.4, 0.5) is 0 Å². The Balaban J connectivity index is 1.99. The Morgan fingerprint density at radius 3 is 2.81 bits per heavy atom. The summed E-state index contributed by atoms with van der Waals surface area (Å²) in [4.78, 5) is 38.8. The van der Waals surface area contributed by atoms with E-state index in [4.69, 9.17) is 0 Å². The van der Waals surface area contributed by atoms with Crippen molar-refractivity contribution < 1.29 is 19.5 Å². The van der Waals surface area contributed by atoms with E-state index in [0.29, 0.717) is 17.8 Å². The topological polar surface area (TPSA) is 77.9 Å². The molecule has 1 fully saturated rings. The molecule has 1 aliphatic heterocycles. The zero-order valence-corrected chi connectivity index (χ0v) is 12.6. The predicted molar refractivity (Wildman–Crippen MR) is 78.3 cm³/mol. The van der Waals surface area contributed by atoms with E-state index in [-0.39, 0.29) is 18.4 Å². The molecule has 1 aromatic heterocycles. The molecule has 2 rings (SSSR count). The Bertz CT molecular complexity index is 529. The molecule has 2 heterocycles. The van der Waals surface area contributed by atoms with Crippen LogP contribution in [0.1, 0.15) is 28.9 Å². The largest absolute Gasteiger partial charge is 0.480 e. The fourth-order valence-corrected chi connectivity index (χ4v) is 3.16. The lowest BCUT2D eigenvalue weighted by atomic mass is 10.0. The quantitative estimate of drug-likeness (QED) is 0.909. The van der Waals surface area contributed by atoms with Crippen LogP contribution < -0.4 is 0 Å². The third kappa shape index (κ3) is 3.60. The van der Waals surface area contributed by atoms with Gasteiger partial charge in [-0.3, -0.25) is 9.59 Å². The molecule has 0 aromatic carbocycles. The highest BCUT2D eigenvalue weighted by molar-refractivity contribution is 7.12. The number of likely N-dealkylation sites (tertiary alicyclic amines) is 1. The van der Waals surface area contributed by atoms with Crippen molar-refractivity contribution in [1.82, 2.24) is 9.80 Å². The molecule has 0 bridgehead atoms. The second kappa shape index (κ2) is 6.71. The molecular weight excluding hydrogens is 292 g/mol. The Labute approximate surface area is 127 Å². The molecule has 1 N–H and O–H groups in total. The van der Waals surface area contributed by atoms with Crippen LogP contribution in [0.25, 0.3) is 0 Å². The van der Waals surface area contributed by atoms with E-state index >= 15 is 0 Å². The third-order valence-corrected chi connectivity index (χ3v) is 4.42. The number of thiophene rings is 1. The van der Waals surface area contributed by atoms with Gasteiger partial charge in [-0.15, -0.1) is 11.3 Å². The van der Waals surface area contributed by atoms with Crippen molar-refractivity contribution >= 4 is 29.1 Å². The fourth-order valence-electron chi connectivity index (χ4n) is 2.44. The summed E-state index contributed by atoms with van der Waals surface area (Å²) in [5, 5.41) is 11.0. The molecule has 1 aromatic rings. The van der Waals surface area contributed by atoms with Crippen molar-refractivity contribution in [2.75, 3.05) is 20.1 Å². The van der Waals surface area contributed by atoms with E-state index in [0.717, 1.165) is 12.8 Å². The molecule has 21 heavy (non-hydrogen) atoms. The molecule has 7 heteroatoms. The minimum absolute atomic E-state index is 0.0967. The van der Waals surface area contributed by atoms with Gasteiger partial charge in [0, 0.05) is 13.6 Å². The number of carbonyl (C=O) groups is 3. The summed E-state index contributed by atoms with van der Waals surface area (Å²) in [6.45, 7) is 0.345. The van der Waals surface area contributed by atoms with Gasteiger partial charge in [-0.2, -0.15) is 0 Å². The van der Waals surface area contributed by atoms with Gasteiger partial charge in [0.25, 0.3) is 5.91 Å². The molecule has 1 aliphatic rings. The lowest BCUT2D eigenvalue weighted by Gasteiger charge is -2.34. The molecule has 0 saturated carbocycles. The van der Waals surface area contributed by atoms with Crippen LogP contribution in [0.2, 0.25) is 0 Å². The van der Waals surface area contributed by atoms with Gasteiger partial charge in [0.1, 0.15) is 6.04 Å². The number of hydrogen-bond acceptors (Lipinski definition) is 4. The third-order valence-electron chi connectivity index (χ3n) is 3.56. The number of amides is 2. The summed E-state index contributed by atoms with van der Waals surface area (Å²) >= 11 is 1.32. The van der Waals surface area contributed by atoms with Gasteiger partial charge in [0.15, 0.2) is 0 Å². The van der Waals surface area contributed by atoms with Crippen LogP contribution in [-0.4, -0.2) is 58.9 Å². The van der Waals surface area contributed by atoms with Crippen molar-refractivity contribution in [2.24, 2.45) is 0 Å². The van der Waals surface area contributed by atoms with Crippen LogP contribution in [0.5, 0.6) is 0 Å². The summed E-state index contributed by atoms with van der Waals surface area (Å²) in [6.07, 6.45) is 2.09. The molecular formula is C14H18N2O4S. The lowest BCUT2D eigenvalue weighted by molar-refractivity contribution is -0.152. The van der Waals surface area contributed by atoms with E-state index in [9.17, 15) is 19.5 Å². The van der Waals surface area contributed by atoms with Crippen LogP contribution in [0.15, 0.2) is 17.5 Å². The molecule has 1 unspecified atom stereocenters. The maximum Gasteiger partial charge on any atom is 0.326 e. The second-order valence-corrected chi connectivity index (χ2v) is 6.02. The minimum Gasteiger partial charge on any atom is -0.480 e. The maximum atomic E-state index is 12.3. The first-order valence-electron chi connectivity index (χ1n) is 6.82. The van der Waals surface area contributed by atoms with E-state index in [1.54, 1.807) is 24.6 Å². The van der Waals surface area contributed by atoms with E-state index in [1.807, 2.05) is 0 Å². The van der Waals surface area contributed by atoms with Crippen molar-refractivity contribution in [3.63, 3.8) is 0 Å². The standard InChI is InChI=1S/C14H18N2O4S/c1-15(13(18)11-6-4-8-21-11)9-12(17)16-7-3-2-5-10(16)14(19)20/h4,6,8,10H,2-3,5,7,9H2,1H3,(H,19,20). The first kappa shape index (κ1) is 15.5. The molecule has 0 radical (unpaired) electrons. The molecule has 0 spiro atoms. The number of rotatable bonds is 4. The SMILES string of the molecule is CN(CC(=O)N1CCCCC1C(=O)O)C(=O)c1cccs1. The summed E-state index contributed by atoms with van der Waals surface area (Å²) in [5.74, 6) is -1.51. The number of carboxylic acid groups (broad SMARTS) is 1.